The van der Waals surface area contributed by atoms with E-state index in [2.05, 4.69) is 26.0 Å². The highest BCUT2D eigenvalue weighted by Gasteiger charge is 2.25. The molecule has 1 saturated carbocycles. The van der Waals surface area contributed by atoms with Gasteiger partial charge >= 0.3 is 0 Å². The summed E-state index contributed by atoms with van der Waals surface area (Å²) in [5.41, 5.74) is 4.44. The van der Waals surface area contributed by atoms with Crippen LogP contribution in [0.4, 0.5) is 0 Å². The lowest BCUT2D eigenvalue weighted by molar-refractivity contribution is 0.193. The van der Waals surface area contributed by atoms with Gasteiger partial charge in [-0.15, -0.1) is 11.3 Å². The molecule has 0 unspecified atom stereocenters. The molecule has 0 spiro atoms. The SMILES string of the molecule is Cc1cnc2c(n1)c(=O)c(-c1cc3cnc([C@@H]4CCOC4)cc3s1)nn2-c1ccc(C2CC2)nc1. The minimum atomic E-state index is -0.223. The first-order valence-electron chi connectivity index (χ1n) is 11.8. The van der Waals surface area contributed by atoms with Crippen LogP contribution in [0.5, 0.6) is 0 Å². The number of fused-ring (bicyclic) bond motifs is 2. The molecule has 7 rings (SSSR count). The lowest BCUT2D eigenvalue weighted by Gasteiger charge is -2.11. The summed E-state index contributed by atoms with van der Waals surface area (Å²) >= 11 is 1.55. The second kappa shape index (κ2) is 8.00. The normalized spacial score (nSPS) is 18.0. The summed E-state index contributed by atoms with van der Waals surface area (Å²) < 4.78 is 8.30. The summed E-state index contributed by atoms with van der Waals surface area (Å²) in [6, 6.07) is 8.14. The maximum absolute atomic E-state index is 13.5. The molecule has 6 heterocycles. The molecule has 174 valence electrons. The van der Waals surface area contributed by atoms with Gasteiger partial charge in [0.15, 0.2) is 16.9 Å². The minimum absolute atomic E-state index is 0.223. The summed E-state index contributed by atoms with van der Waals surface area (Å²) in [6.07, 6.45) is 8.71. The molecule has 0 radical (unpaired) electrons. The van der Waals surface area contributed by atoms with Crippen LogP contribution in [-0.2, 0) is 4.74 Å². The van der Waals surface area contributed by atoms with E-state index in [1.54, 1.807) is 28.4 Å². The predicted octanol–water partition coefficient (Wildman–Crippen LogP) is 4.54. The first-order valence-corrected chi connectivity index (χ1v) is 12.7. The van der Waals surface area contributed by atoms with Crippen LogP contribution in [0.2, 0.25) is 0 Å². The molecule has 35 heavy (non-hydrogen) atoms. The van der Waals surface area contributed by atoms with Gasteiger partial charge in [-0.2, -0.15) is 5.10 Å². The molecule has 5 aromatic heterocycles. The lowest BCUT2D eigenvalue weighted by atomic mass is 10.0. The number of aryl methyl sites for hydroxylation is 1. The highest BCUT2D eigenvalue weighted by Crippen LogP contribution is 2.39. The third-order valence-electron chi connectivity index (χ3n) is 6.72. The highest BCUT2D eigenvalue weighted by molar-refractivity contribution is 7.22. The largest absolute Gasteiger partial charge is 0.381 e. The van der Waals surface area contributed by atoms with E-state index in [0.717, 1.165) is 45.1 Å². The maximum atomic E-state index is 13.5. The van der Waals surface area contributed by atoms with Gasteiger partial charge in [-0.05, 0) is 50.5 Å². The molecule has 1 atom stereocenters. The average molecular weight is 483 g/mol. The summed E-state index contributed by atoms with van der Waals surface area (Å²) in [5.74, 6) is 0.888. The number of aromatic nitrogens is 6. The molecule has 9 heteroatoms. The van der Waals surface area contributed by atoms with E-state index in [1.807, 2.05) is 31.3 Å². The van der Waals surface area contributed by atoms with E-state index in [9.17, 15) is 4.79 Å². The van der Waals surface area contributed by atoms with Crippen molar-refractivity contribution in [1.29, 1.82) is 0 Å². The van der Waals surface area contributed by atoms with E-state index in [1.165, 1.54) is 12.8 Å². The van der Waals surface area contributed by atoms with Crippen molar-refractivity contribution in [3.63, 3.8) is 0 Å². The summed E-state index contributed by atoms with van der Waals surface area (Å²) in [4.78, 5) is 32.7. The van der Waals surface area contributed by atoms with Crippen molar-refractivity contribution in [2.24, 2.45) is 0 Å². The molecule has 0 amide bonds. The van der Waals surface area contributed by atoms with E-state index in [-0.39, 0.29) is 5.43 Å². The maximum Gasteiger partial charge on any atom is 0.236 e. The number of pyridine rings is 2. The highest BCUT2D eigenvalue weighted by atomic mass is 32.1. The van der Waals surface area contributed by atoms with Gasteiger partial charge < -0.3 is 4.74 Å². The molecule has 1 aliphatic carbocycles. The van der Waals surface area contributed by atoms with Crippen LogP contribution in [0, 0.1) is 6.92 Å². The van der Waals surface area contributed by atoms with Crippen LogP contribution in [0.15, 0.2) is 47.7 Å². The monoisotopic (exact) mass is 482 g/mol. The van der Waals surface area contributed by atoms with Crippen LogP contribution in [0.1, 0.15) is 48.2 Å². The molecular weight excluding hydrogens is 460 g/mol. The van der Waals surface area contributed by atoms with Gasteiger partial charge in [0, 0.05) is 46.1 Å². The van der Waals surface area contributed by atoms with Crippen molar-refractivity contribution in [1.82, 2.24) is 29.7 Å². The van der Waals surface area contributed by atoms with Crippen LogP contribution < -0.4 is 5.43 Å². The number of thiophene rings is 1. The second-order valence-corrected chi connectivity index (χ2v) is 10.4. The summed E-state index contributed by atoms with van der Waals surface area (Å²) in [5, 5.41) is 5.78. The Labute approximate surface area is 204 Å². The lowest BCUT2D eigenvalue weighted by Crippen LogP contribution is -2.18. The van der Waals surface area contributed by atoms with E-state index < -0.39 is 0 Å². The smallest absolute Gasteiger partial charge is 0.236 e. The number of rotatable bonds is 4. The Morgan fingerprint density at radius 1 is 1.00 bits per heavy atom. The third-order valence-corrected chi connectivity index (χ3v) is 7.82. The zero-order valence-electron chi connectivity index (χ0n) is 19.1. The zero-order chi connectivity index (χ0) is 23.5. The number of hydrogen-bond acceptors (Lipinski definition) is 8. The van der Waals surface area contributed by atoms with Crippen molar-refractivity contribution in [2.45, 2.75) is 38.0 Å². The molecular formula is C26H22N6O2S. The Bertz CT molecular complexity index is 1650. The third kappa shape index (κ3) is 3.62. The van der Waals surface area contributed by atoms with Gasteiger partial charge in [-0.3, -0.25) is 14.8 Å². The Morgan fingerprint density at radius 2 is 1.89 bits per heavy atom. The first kappa shape index (κ1) is 20.8. The Morgan fingerprint density at radius 3 is 2.66 bits per heavy atom. The van der Waals surface area contributed by atoms with Gasteiger partial charge in [0.2, 0.25) is 5.43 Å². The molecule has 2 aliphatic rings. The van der Waals surface area contributed by atoms with Crippen molar-refractivity contribution in [2.75, 3.05) is 13.2 Å². The van der Waals surface area contributed by atoms with Crippen LogP contribution in [-0.4, -0.2) is 42.9 Å². The molecule has 0 N–H and O–H groups in total. The molecule has 5 aromatic rings. The molecule has 0 aromatic carbocycles. The molecule has 1 saturated heterocycles. The van der Waals surface area contributed by atoms with Crippen molar-refractivity contribution < 1.29 is 4.74 Å². The molecule has 1 aliphatic heterocycles. The zero-order valence-corrected chi connectivity index (χ0v) is 20.0. The molecule has 8 nitrogen and oxygen atoms in total. The number of nitrogens with zero attached hydrogens (tertiary/aromatic N) is 6. The van der Waals surface area contributed by atoms with Gasteiger partial charge in [0.05, 0.1) is 35.3 Å². The Hall–Kier alpha value is -3.56. The van der Waals surface area contributed by atoms with Gasteiger partial charge in [-0.25, -0.2) is 14.6 Å². The van der Waals surface area contributed by atoms with Gasteiger partial charge in [0.1, 0.15) is 0 Å². The van der Waals surface area contributed by atoms with Crippen LogP contribution >= 0.6 is 11.3 Å². The predicted molar refractivity (Wildman–Crippen MR) is 134 cm³/mol. The van der Waals surface area contributed by atoms with Crippen LogP contribution in [0.25, 0.3) is 37.5 Å². The minimum Gasteiger partial charge on any atom is -0.381 e. The number of ether oxygens (including phenoxy) is 1. The Balaban J connectivity index is 1.39. The molecule has 2 fully saturated rings. The van der Waals surface area contributed by atoms with Crippen molar-refractivity contribution in [3.05, 3.63) is 70.2 Å². The van der Waals surface area contributed by atoms with Crippen molar-refractivity contribution >= 4 is 32.6 Å². The topological polar surface area (TPSA) is 95.7 Å². The number of hydrogen-bond donors (Lipinski definition) is 0. The quantitative estimate of drug-likeness (QED) is 0.371. The fourth-order valence-corrected chi connectivity index (χ4v) is 5.69. The van der Waals surface area contributed by atoms with E-state index in [4.69, 9.17) is 9.84 Å². The molecule has 0 bridgehead atoms. The Kier molecular flexibility index (Phi) is 4.75. The van der Waals surface area contributed by atoms with E-state index in [0.29, 0.717) is 41.0 Å². The van der Waals surface area contributed by atoms with Gasteiger partial charge in [-0.1, -0.05) is 0 Å². The fraction of sp³-hybridized carbons (Fsp3) is 0.308. The first-order chi connectivity index (χ1) is 17.1. The fourth-order valence-electron chi connectivity index (χ4n) is 4.62. The average Bonchev–Trinajstić information content (AvgIpc) is 3.41. The van der Waals surface area contributed by atoms with E-state index >= 15 is 0 Å². The summed E-state index contributed by atoms with van der Waals surface area (Å²) in [6.45, 7) is 3.32. The van der Waals surface area contributed by atoms with Crippen LogP contribution in [0.3, 0.4) is 0 Å². The standard InChI is InChI=1S/C26H22N6O2S/c1-14-10-29-26-24(30-14)25(33)23(31-32(26)18-4-5-19(28-12-18)15-2-3-15)22-8-17-11-27-20(9-21(17)35-22)16-6-7-34-13-16/h4-5,8-12,15-16H,2-3,6-7,13H2,1H3/t16-/m1/s1. The second-order valence-electron chi connectivity index (χ2n) is 9.31. The van der Waals surface area contributed by atoms with Gasteiger partial charge in [0.25, 0.3) is 0 Å². The summed E-state index contributed by atoms with van der Waals surface area (Å²) in [7, 11) is 0. The van der Waals surface area contributed by atoms with Crippen molar-refractivity contribution in [3.8, 4) is 16.3 Å².